The average Bonchev–Trinajstić information content (AvgIpc) is 2.27. The maximum absolute atomic E-state index is 9.62. The molecule has 0 aliphatic carbocycles. The van der Waals surface area contributed by atoms with Crippen LogP contribution in [-0.4, -0.2) is 23.9 Å². The molecular formula is C11H9NO3. The molecule has 0 aliphatic rings. The number of phenolic OH excluding ortho intramolecular Hbond substituents is 1. The standard InChI is InChI=1S/C11H9NO3/c1-15-10-6-8(7-12)5-9(11(10)14)3-2-4-13/h5-6,13-14H,4H2,1H3. The topological polar surface area (TPSA) is 73.5 Å². The van der Waals surface area contributed by atoms with Crippen LogP contribution in [0.2, 0.25) is 0 Å². The van der Waals surface area contributed by atoms with Crippen LogP contribution < -0.4 is 4.74 Å². The number of nitriles is 1. The van der Waals surface area contributed by atoms with Crippen LogP contribution in [0.1, 0.15) is 11.1 Å². The van der Waals surface area contributed by atoms with Gasteiger partial charge in [-0.25, -0.2) is 0 Å². The summed E-state index contributed by atoms with van der Waals surface area (Å²) in [4.78, 5) is 0. The Labute approximate surface area is 87.3 Å². The maximum Gasteiger partial charge on any atom is 0.173 e. The molecule has 1 rings (SSSR count). The van der Waals surface area contributed by atoms with Gasteiger partial charge < -0.3 is 14.9 Å². The predicted molar refractivity (Wildman–Crippen MR) is 53.3 cm³/mol. The van der Waals surface area contributed by atoms with Gasteiger partial charge in [-0.3, -0.25) is 0 Å². The minimum Gasteiger partial charge on any atom is -0.503 e. The van der Waals surface area contributed by atoms with Gasteiger partial charge in [0, 0.05) is 6.07 Å². The summed E-state index contributed by atoms with van der Waals surface area (Å²) in [5.74, 6) is 4.98. The van der Waals surface area contributed by atoms with Gasteiger partial charge in [-0.15, -0.1) is 0 Å². The lowest BCUT2D eigenvalue weighted by Crippen LogP contribution is -1.89. The molecule has 0 radical (unpaired) electrons. The van der Waals surface area contributed by atoms with Crippen molar-refractivity contribution >= 4 is 0 Å². The van der Waals surface area contributed by atoms with Crippen molar-refractivity contribution in [2.75, 3.05) is 13.7 Å². The zero-order valence-electron chi connectivity index (χ0n) is 8.11. The Hall–Kier alpha value is -2.17. The van der Waals surface area contributed by atoms with E-state index in [2.05, 4.69) is 11.8 Å². The largest absolute Gasteiger partial charge is 0.503 e. The molecule has 0 unspecified atom stereocenters. The van der Waals surface area contributed by atoms with Crippen LogP contribution in [0.5, 0.6) is 11.5 Å². The number of methoxy groups -OCH3 is 1. The second kappa shape index (κ2) is 4.90. The Balaban J connectivity index is 3.32. The molecule has 0 saturated carbocycles. The lowest BCUT2D eigenvalue weighted by molar-refractivity contribution is 0.350. The van der Waals surface area contributed by atoms with E-state index < -0.39 is 0 Å². The highest BCUT2D eigenvalue weighted by Crippen LogP contribution is 2.30. The third-order valence-corrected chi connectivity index (χ3v) is 1.73. The minimum absolute atomic E-state index is 0.127. The number of aliphatic hydroxyl groups is 1. The number of rotatable bonds is 1. The van der Waals surface area contributed by atoms with Gasteiger partial charge in [-0.1, -0.05) is 11.8 Å². The molecule has 1 aromatic rings. The summed E-state index contributed by atoms with van der Waals surface area (Å²) >= 11 is 0. The van der Waals surface area contributed by atoms with Crippen molar-refractivity contribution in [1.82, 2.24) is 0 Å². The van der Waals surface area contributed by atoms with E-state index in [9.17, 15) is 5.11 Å². The minimum atomic E-state index is -0.307. The molecule has 1 aromatic carbocycles. The SMILES string of the molecule is COc1cc(C#N)cc(C#CCO)c1O. The van der Waals surface area contributed by atoms with E-state index in [0.717, 1.165) is 0 Å². The Bertz CT molecular complexity index is 463. The van der Waals surface area contributed by atoms with Crippen LogP contribution in [0, 0.1) is 23.2 Å². The van der Waals surface area contributed by atoms with E-state index in [4.69, 9.17) is 15.1 Å². The molecule has 0 aromatic heterocycles. The number of aliphatic hydroxyl groups excluding tert-OH is 1. The molecule has 0 fully saturated rings. The molecular weight excluding hydrogens is 194 g/mol. The molecule has 2 N–H and O–H groups in total. The highest BCUT2D eigenvalue weighted by Gasteiger charge is 2.08. The summed E-state index contributed by atoms with van der Waals surface area (Å²) in [6.07, 6.45) is 0. The first-order chi connectivity index (χ1) is 7.22. The molecule has 0 aliphatic heterocycles. The monoisotopic (exact) mass is 203 g/mol. The van der Waals surface area contributed by atoms with Gasteiger partial charge in [0.2, 0.25) is 0 Å². The van der Waals surface area contributed by atoms with Gasteiger partial charge in [0.25, 0.3) is 0 Å². The predicted octanol–water partition coefficient (Wildman–Crippen LogP) is 0.616. The van der Waals surface area contributed by atoms with Gasteiger partial charge in [0.1, 0.15) is 6.61 Å². The highest BCUT2D eigenvalue weighted by molar-refractivity contribution is 5.57. The second-order valence-electron chi connectivity index (χ2n) is 2.65. The van der Waals surface area contributed by atoms with E-state index in [1.165, 1.54) is 19.2 Å². The van der Waals surface area contributed by atoms with Crippen molar-refractivity contribution in [3.63, 3.8) is 0 Å². The highest BCUT2D eigenvalue weighted by atomic mass is 16.5. The maximum atomic E-state index is 9.62. The van der Waals surface area contributed by atoms with Crippen molar-refractivity contribution in [2.45, 2.75) is 0 Å². The molecule has 0 atom stereocenters. The fourth-order valence-electron chi connectivity index (χ4n) is 1.06. The van der Waals surface area contributed by atoms with Crippen LogP contribution in [0.3, 0.4) is 0 Å². The van der Waals surface area contributed by atoms with Crippen LogP contribution in [0.4, 0.5) is 0 Å². The van der Waals surface area contributed by atoms with E-state index in [0.29, 0.717) is 5.56 Å². The van der Waals surface area contributed by atoms with E-state index in [1.807, 2.05) is 6.07 Å². The summed E-state index contributed by atoms with van der Waals surface area (Å²) in [6.45, 7) is -0.307. The molecule has 0 bridgehead atoms. The summed E-state index contributed by atoms with van der Waals surface area (Å²) in [7, 11) is 1.39. The van der Waals surface area contributed by atoms with E-state index in [-0.39, 0.29) is 23.7 Å². The molecule has 0 heterocycles. The zero-order chi connectivity index (χ0) is 11.3. The first-order valence-electron chi connectivity index (χ1n) is 4.13. The number of hydrogen-bond donors (Lipinski definition) is 2. The first kappa shape index (κ1) is 10.9. The van der Waals surface area contributed by atoms with Gasteiger partial charge in [0.05, 0.1) is 24.3 Å². The van der Waals surface area contributed by atoms with Crippen LogP contribution >= 0.6 is 0 Å². The number of nitrogens with zero attached hydrogens (tertiary/aromatic N) is 1. The van der Waals surface area contributed by atoms with E-state index in [1.54, 1.807) is 0 Å². The summed E-state index contributed by atoms with van der Waals surface area (Å²) in [5, 5.41) is 26.9. The van der Waals surface area contributed by atoms with Crippen LogP contribution in [0.15, 0.2) is 12.1 Å². The van der Waals surface area contributed by atoms with Crippen LogP contribution in [-0.2, 0) is 0 Å². The van der Waals surface area contributed by atoms with Crippen LogP contribution in [0.25, 0.3) is 0 Å². The van der Waals surface area contributed by atoms with Crippen molar-refractivity contribution in [3.05, 3.63) is 23.3 Å². The molecule has 0 amide bonds. The van der Waals surface area contributed by atoms with Crippen molar-refractivity contribution in [2.24, 2.45) is 0 Å². The van der Waals surface area contributed by atoms with Gasteiger partial charge in [-0.2, -0.15) is 5.26 Å². The number of aromatic hydroxyl groups is 1. The van der Waals surface area contributed by atoms with Crippen molar-refractivity contribution in [1.29, 1.82) is 5.26 Å². The number of phenols is 1. The number of hydrogen-bond acceptors (Lipinski definition) is 4. The normalized spacial score (nSPS) is 8.60. The molecule has 15 heavy (non-hydrogen) atoms. The summed E-state index contributed by atoms with van der Waals surface area (Å²) < 4.78 is 4.88. The Morgan fingerprint density at radius 1 is 1.47 bits per heavy atom. The summed E-state index contributed by atoms with van der Waals surface area (Å²) in [6, 6.07) is 4.77. The second-order valence-corrected chi connectivity index (χ2v) is 2.65. The molecule has 0 spiro atoms. The Morgan fingerprint density at radius 3 is 2.73 bits per heavy atom. The molecule has 4 heteroatoms. The van der Waals surface area contributed by atoms with Gasteiger partial charge in [-0.05, 0) is 6.07 Å². The Morgan fingerprint density at radius 2 is 2.20 bits per heavy atom. The summed E-state index contributed by atoms with van der Waals surface area (Å²) in [5.41, 5.74) is 0.604. The van der Waals surface area contributed by atoms with Crippen molar-refractivity contribution in [3.8, 4) is 29.4 Å². The van der Waals surface area contributed by atoms with Gasteiger partial charge in [0.15, 0.2) is 11.5 Å². The third-order valence-electron chi connectivity index (χ3n) is 1.73. The molecule has 0 saturated heterocycles. The van der Waals surface area contributed by atoms with Gasteiger partial charge >= 0.3 is 0 Å². The first-order valence-corrected chi connectivity index (χ1v) is 4.13. The fourth-order valence-corrected chi connectivity index (χ4v) is 1.06. The quantitative estimate of drug-likeness (QED) is 0.656. The Kier molecular flexibility index (Phi) is 3.56. The smallest absolute Gasteiger partial charge is 0.173 e. The lowest BCUT2D eigenvalue weighted by Gasteiger charge is -2.05. The molecule has 76 valence electrons. The third kappa shape index (κ3) is 2.40. The van der Waals surface area contributed by atoms with E-state index >= 15 is 0 Å². The van der Waals surface area contributed by atoms with Crippen molar-refractivity contribution < 1.29 is 14.9 Å². The lowest BCUT2D eigenvalue weighted by atomic mass is 10.1. The fraction of sp³-hybridized carbons (Fsp3) is 0.182. The molecule has 4 nitrogen and oxygen atoms in total. The average molecular weight is 203 g/mol. The number of ether oxygens (including phenoxy) is 1. The zero-order valence-corrected chi connectivity index (χ0v) is 8.11. The number of benzene rings is 1.